The fraction of sp³-hybridized carbons (Fsp3) is 0.417. The average Bonchev–Trinajstić information content (AvgIpc) is 2.36. The molecule has 0 aliphatic heterocycles. The first-order valence-corrected chi connectivity index (χ1v) is 6.49. The van der Waals surface area contributed by atoms with E-state index in [4.69, 9.17) is 33.7 Å². The molecule has 0 aromatic heterocycles. The minimum Gasteiger partial charge on any atom is -0.491 e. The molecule has 1 rings (SSSR count). The number of aliphatic hydroxyl groups excluding tert-OH is 1. The van der Waals surface area contributed by atoms with Gasteiger partial charge in [-0.2, -0.15) is 0 Å². The van der Waals surface area contributed by atoms with E-state index in [1.165, 1.54) is 0 Å². The molecule has 7 heteroatoms. The van der Waals surface area contributed by atoms with E-state index >= 15 is 0 Å². The Morgan fingerprint density at radius 3 is 2.79 bits per heavy atom. The van der Waals surface area contributed by atoms with Crippen molar-refractivity contribution >= 4 is 29.1 Å². The molecule has 19 heavy (non-hydrogen) atoms. The third-order valence-electron chi connectivity index (χ3n) is 2.26. The van der Waals surface area contributed by atoms with Crippen molar-refractivity contribution < 1.29 is 14.6 Å². The summed E-state index contributed by atoms with van der Waals surface area (Å²) < 4.78 is 5.36. The quantitative estimate of drug-likeness (QED) is 0.630. The Hall–Kier alpha value is -1.01. The molecule has 0 bridgehead atoms. The molecular weight excluding hydrogens is 291 g/mol. The van der Waals surface area contributed by atoms with E-state index in [1.54, 1.807) is 18.2 Å². The Balaban J connectivity index is 2.24. The van der Waals surface area contributed by atoms with Crippen LogP contribution in [0.15, 0.2) is 18.2 Å². The second-order valence-corrected chi connectivity index (χ2v) is 4.78. The zero-order valence-corrected chi connectivity index (χ0v) is 11.7. The predicted octanol–water partition coefficient (Wildman–Crippen LogP) is 1.20. The van der Waals surface area contributed by atoms with Gasteiger partial charge in [0.15, 0.2) is 0 Å². The lowest BCUT2D eigenvalue weighted by Gasteiger charge is -2.13. The molecule has 0 heterocycles. The zero-order valence-electron chi connectivity index (χ0n) is 10.2. The van der Waals surface area contributed by atoms with E-state index in [0.717, 1.165) is 0 Å². The third kappa shape index (κ3) is 6.63. The number of halogens is 2. The van der Waals surface area contributed by atoms with E-state index in [-0.39, 0.29) is 18.9 Å². The molecule has 0 fully saturated rings. The third-order valence-corrected chi connectivity index (χ3v) is 3.00. The van der Waals surface area contributed by atoms with E-state index in [0.29, 0.717) is 28.9 Å². The van der Waals surface area contributed by atoms with Gasteiger partial charge in [0.1, 0.15) is 18.5 Å². The van der Waals surface area contributed by atoms with Crippen LogP contribution < -0.4 is 15.8 Å². The smallest absolute Gasteiger partial charge is 0.218 e. The summed E-state index contributed by atoms with van der Waals surface area (Å²) >= 11 is 11.6. The SMILES string of the molecule is NC(=O)CCNCC(O)COc1ccc(Cl)c(Cl)c1. The summed E-state index contributed by atoms with van der Waals surface area (Å²) in [7, 11) is 0. The molecule has 1 amide bonds. The van der Waals surface area contributed by atoms with E-state index in [9.17, 15) is 9.90 Å². The number of ether oxygens (including phenoxy) is 1. The molecule has 1 aromatic rings. The number of primary amides is 1. The number of nitrogens with two attached hydrogens (primary N) is 1. The number of carbonyl (C=O) groups excluding carboxylic acids is 1. The summed E-state index contributed by atoms with van der Waals surface area (Å²) in [5.74, 6) is 0.152. The largest absolute Gasteiger partial charge is 0.491 e. The average molecular weight is 307 g/mol. The predicted molar refractivity (Wildman–Crippen MR) is 74.6 cm³/mol. The molecule has 1 aromatic carbocycles. The van der Waals surface area contributed by atoms with Gasteiger partial charge < -0.3 is 20.9 Å². The van der Waals surface area contributed by atoms with Crippen LogP contribution in [0.25, 0.3) is 0 Å². The highest BCUT2D eigenvalue weighted by molar-refractivity contribution is 6.42. The van der Waals surface area contributed by atoms with Gasteiger partial charge in [-0.05, 0) is 12.1 Å². The highest BCUT2D eigenvalue weighted by Crippen LogP contribution is 2.26. The molecule has 1 unspecified atom stereocenters. The fourth-order valence-electron chi connectivity index (χ4n) is 1.30. The van der Waals surface area contributed by atoms with Crippen LogP contribution in [0.1, 0.15) is 6.42 Å². The number of rotatable bonds is 8. The van der Waals surface area contributed by atoms with Gasteiger partial charge in [0.25, 0.3) is 0 Å². The highest BCUT2D eigenvalue weighted by atomic mass is 35.5. The molecule has 4 N–H and O–H groups in total. The molecule has 106 valence electrons. The maximum atomic E-state index is 10.5. The minimum atomic E-state index is -0.692. The van der Waals surface area contributed by atoms with Gasteiger partial charge in [-0.3, -0.25) is 4.79 Å². The summed E-state index contributed by atoms with van der Waals surface area (Å²) in [5.41, 5.74) is 4.98. The number of benzene rings is 1. The number of aliphatic hydroxyl groups is 1. The molecule has 0 saturated carbocycles. The van der Waals surface area contributed by atoms with Crippen molar-refractivity contribution in [3.05, 3.63) is 28.2 Å². The Morgan fingerprint density at radius 2 is 2.16 bits per heavy atom. The summed E-state index contributed by atoms with van der Waals surface area (Å²) in [5, 5.41) is 13.4. The highest BCUT2D eigenvalue weighted by Gasteiger charge is 2.06. The lowest BCUT2D eigenvalue weighted by molar-refractivity contribution is -0.117. The van der Waals surface area contributed by atoms with Gasteiger partial charge in [0, 0.05) is 25.6 Å². The molecule has 0 radical (unpaired) electrons. The van der Waals surface area contributed by atoms with Crippen LogP contribution in [0.4, 0.5) is 0 Å². The molecule has 0 saturated heterocycles. The van der Waals surface area contributed by atoms with Gasteiger partial charge in [-0.25, -0.2) is 0 Å². The standard InChI is InChI=1S/C12H16Cl2N2O3/c13-10-2-1-9(5-11(10)14)19-7-8(17)6-16-4-3-12(15)18/h1-2,5,8,16-17H,3-4,6-7H2,(H2,15,18). The Labute approximate surface area is 121 Å². The first-order chi connectivity index (χ1) is 8.99. The van der Waals surface area contributed by atoms with Crippen molar-refractivity contribution in [1.82, 2.24) is 5.32 Å². The summed E-state index contributed by atoms with van der Waals surface area (Å²) in [6.07, 6.45) is -0.456. The fourth-order valence-corrected chi connectivity index (χ4v) is 1.59. The molecular formula is C12H16Cl2N2O3. The second kappa shape index (κ2) is 8.22. The van der Waals surface area contributed by atoms with Crippen molar-refractivity contribution in [1.29, 1.82) is 0 Å². The van der Waals surface area contributed by atoms with Crippen molar-refractivity contribution in [3.63, 3.8) is 0 Å². The summed E-state index contributed by atoms with van der Waals surface area (Å²) in [4.78, 5) is 10.5. The number of hydrogen-bond acceptors (Lipinski definition) is 4. The first kappa shape index (κ1) is 16.0. The second-order valence-electron chi connectivity index (χ2n) is 3.96. The lowest BCUT2D eigenvalue weighted by Crippen LogP contribution is -2.33. The normalized spacial score (nSPS) is 12.2. The topological polar surface area (TPSA) is 84.6 Å². The van der Waals surface area contributed by atoms with Crippen molar-refractivity contribution in [2.24, 2.45) is 5.73 Å². The van der Waals surface area contributed by atoms with E-state index < -0.39 is 6.10 Å². The lowest BCUT2D eigenvalue weighted by atomic mass is 10.3. The maximum Gasteiger partial charge on any atom is 0.218 e. The van der Waals surface area contributed by atoms with Crippen molar-refractivity contribution in [3.8, 4) is 5.75 Å². The molecule has 0 spiro atoms. The number of amides is 1. The van der Waals surface area contributed by atoms with E-state index in [1.807, 2.05) is 0 Å². The van der Waals surface area contributed by atoms with Crippen LogP contribution in [0.2, 0.25) is 10.0 Å². The van der Waals surface area contributed by atoms with E-state index in [2.05, 4.69) is 5.32 Å². The molecule has 0 aliphatic rings. The zero-order chi connectivity index (χ0) is 14.3. The Kier molecular flexibility index (Phi) is 6.94. The van der Waals surface area contributed by atoms with Crippen LogP contribution >= 0.6 is 23.2 Å². The minimum absolute atomic E-state index is 0.113. The maximum absolute atomic E-state index is 10.5. The first-order valence-electron chi connectivity index (χ1n) is 5.74. The van der Waals surface area contributed by atoms with Crippen LogP contribution in [0, 0.1) is 0 Å². The van der Waals surface area contributed by atoms with Crippen LogP contribution in [-0.4, -0.2) is 36.8 Å². The van der Waals surface area contributed by atoms with Gasteiger partial charge >= 0.3 is 0 Å². The van der Waals surface area contributed by atoms with Crippen LogP contribution in [-0.2, 0) is 4.79 Å². The van der Waals surface area contributed by atoms with Crippen molar-refractivity contribution in [2.75, 3.05) is 19.7 Å². The summed E-state index contributed by atoms with van der Waals surface area (Å²) in [6, 6.07) is 4.87. The van der Waals surface area contributed by atoms with Gasteiger partial charge in [0.05, 0.1) is 10.0 Å². The van der Waals surface area contributed by atoms with Crippen LogP contribution in [0.5, 0.6) is 5.75 Å². The van der Waals surface area contributed by atoms with Gasteiger partial charge in [-0.1, -0.05) is 23.2 Å². The number of carbonyl (C=O) groups is 1. The number of nitrogens with one attached hydrogen (secondary N) is 1. The monoisotopic (exact) mass is 306 g/mol. The van der Waals surface area contributed by atoms with Gasteiger partial charge in [-0.15, -0.1) is 0 Å². The molecule has 1 atom stereocenters. The molecule has 0 aliphatic carbocycles. The number of hydrogen-bond donors (Lipinski definition) is 3. The molecule has 5 nitrogen and oxygen atoms in total. The van der Waals surface area contributed by atoms with Gasteiger partial charge in [0.2, 0.25) is 5.91 Å². The van der Waals surface area contributed by atoms with Crippen molar-refractivity contribution in [2.45, 2.75) is 12.5 Å². The van der Waals surface area contributed by atoms with Crippen LogP contribution in [0.3, 0.4) is 0 Å². The Morgan fingerprint density at radius 1 is 1.42 bits per heavy atom. The summed E-state index contributed by atoms with van der Waals surface area (Å²) in [6.45, 7) is 0.856. The Bertz CT molecular complexity index is 429.